The zero-order valence-electron chi connectivity index (χ0n) is 4.15. The molecule has 1 fully saturated rings. The van der Waals surface area contributed by atoms with Crippen LogP contribution in [0.25, 0.3) is 0 Å². The van der Waals surface area contributed by atoms with E-state index in [4.69, 9.17) is 5.84 Å². The van der Waals surface area contributed by atoms with Crippen molar-refractivity contribution in [2.75, 3.05) is 12.3 Å². The Morgan fingerprint density at radius 1 is 1.29 bits per heavy atom. The molecule has 1 rings (SSSR count). The van der Waals surface area contributed by atoms with Gasteiger partial charge in [-0.1, -0.05) is 0 Å². The van der Waals surface area contributed by atoms with E-state index in [1.54, 1.807) is 0 Å². The number of nitrogens with two attached hydrogens (primary N) is 1. The van der Waals surface area contributed by atoms with Crippen molar-refractivity contribution in [2.45, 2.75) is 6.42 Å². The molecule has 4 heteroatoms. The Morgan fingerprint density at radius 2 is 1.86 bits per heavy atom. The van der Waals surface area contributed by atoms with Crippen LogP contribution in [0.4, 0.5) is 0 Å². The maximum Gasteiger partial charge on any atom is -0.0200 e. The summed E-state index contributed by atoms with van der Waals surface area (Å²) >= 11 is 0. The van der Waals surface area contributed by atoms with E-state index in [1.165, 1.54) is 18.7 Å². The topological polar surface area (TPSA) is 29.3 Å². The first-order chi connectivity index (χ1) is 3.39. The zero-order chi connectivity index (χ0) is 5.11. The SMILES string of the molecule is NN1PCCCP1. The van der Waals surface area contributed by atoms with E-state index in [2.05, 4.69) is 0 Å². The Labute approximate surface area is 47.5 Å². The number of hydrazine groups is 1. The highest BCUT2D eigenvalue weighted by molar-refractivity contribution is 7.52. The molecule has 1 heterocycles. The lowest BCUT2D eigenvalue weighted by Gasteiger charge is -2.19. The van der Waals surface area contributed by atoms with Crippen LogP contribution in [-0.2, 0) is 0 Å². The highest BCUT2D eigenvalue weighted by Gasteiger charge is 2.02. The van der Waals surface area contributed by atoms with Crippen LogP contribution in [0, 0.1) is 0 Å². The molecule has 0 aromatic heterocycles. The van der Waals surface area contributed by atoms with E-state index in [1.807, 2.05) is 4.55 Å². The Hall–Kier alpha value is 0.780. The van der Waals surface area contributed by atoms with Gasteiger partial charge in [0.25, 0.3) is 0 Å². The van der Waals surface area contributed by atoms with Crippen LogP contribution < -0.4 is 5.84 Å². The van der Waals surface area contributed by atoms with Crippen LogP contribution in [0.2, 0.25) is 0 Å². The first-order valence-electron chi connectivity index (χ1n) is 2.41. The molecular formula is C3H10N2P2. The van der Waals surface area contributed by atoms with Gasteiger partial charge in [-0.2, -0.15) is 0 Å². The molecule has 0 amide bonds. The monoisotopic (exact) mass is 136 g/mol. The van der Waals surface area contributed by atoms with Gasteiger partial charge in [-0.05, 0) is 36.2 Å². The van der Waals surface area contributed by atoms with Gasteiger partial charge >= 0.3 is 0 Å². The Balaban J connectivity index is 2.12. The summed E-state index contributed by atoms with van der Waals surface area (Å²) in [6, 6.07) is 0. The number of rotatable bonds is 0. The summed E-state index contributed by atoms with van der Waals surface area (Å²) in [4.78, 5) is 0. The largest absolute Gasteiger partial charge is 0.262 e. The fraction of sp³-hybridized carbons (Fsp3) is 1.00. The lowest BCUT2D eigenvalue weighted by molar-refractivity contribution is 0.767. The average Bonchev–Trinajstić information content (AvgIpc) is 1.69. The summed E-state index contributed by atoms with van der Waals surface area (Å²) in [5.74, 6) is 5.49. The highest BCUT2D eigenvalue weighted by Crippen LogP contribution is 2.33. The van der Waals surface area contributed by atoms with Crippen molar-refractivity contribution < 1.29 is 0 Å². The van der Waals surface area contributed by atoms with Gasteiger partial charge in [0, 0.05) is 0 Å². The maximum atomic E-state index is 5.49. The summed E-state index contributed by atoms with van der Waals surface area (Å²) in [7, 11) is 1.80. The Kier molecular flexibility index (Phi) is 2.48. The van der Waals surface area contributed by atoms with Crippen molar-refractivity contribution in [1.29, 1.82) is 0 Å². The summed E-state index contributed by atoms with van der Waals surface area (Å²) in [6.45, 7) is 0. The standard InChI is InChI=1S/C3H10N2P2/c4-5-6-2-1-3-7-5/h6-7H,1-4H2. The molecule has 0 radical (unpaired) electrons. The van der Waals surface area contributed by atoms with Crippen molar-refractivity contribution in [3.05, 3.63) is 0 Å². The van der Waals surface area contributed by atoms with Gasteiger partial charge in [-0.15, -0.1) is 0 Å². The van der Waals surface area contributed by atoms with Gasteiger partial charge in [0.05, 0.1) is 0 Å². The third-order valence-corrected chi connectivity index (χ3v) is 3.70. The minimum Gasteiger partial charge on any atom is -0.262 e. The average molecular weight is 136 g/mol. The van der Waals surface area contributed by atoms with Gasteiger partial charge < -0.3 is 0 Å². The quantitative estimate of drug-likeness (QED) is 0.393. The molecule has 0 spiro atoms. The van der Waals surface area contributed by atoms with Gasteiger partial charge in [0.15, 0.2) is 0 Å². The van der Waals surface area contributed by atoms with Crippen LogP contribution in [0.5, 0.6) is 0 Å². The smallest absolute Gasteiger partial charge is 0.0200 e. The third-order valence-electron chi connectivity index (χ3n) is 0.918. The van der Waals surface area contributed by atoms with E-state index in [9.17, 15) is 0 Å². The zero-order valence-corrected chi connectivity index (χ0v) is 6.15. The molecule has 2 atom stereocenters. The van der Waals surface area contributed by atoms with E-state index in [0.29, 0.717) is 0 Å². The molecule has 7 heavy (non-hydrogen) atoms. The molecule has 42 valence electrons. The third kappa shape index (κ3) is 2.01. The molecule has 0 bridgehead atoms. The number of hydrogen-bond acceptors (Lipinski definition) is 2. The van der Waals surface area contributed by atoms with E-state index in [0.717, 1.165) is 17.5 Å². The summed E-state index contributed by atoms with van der Waals surface area (Å²) < 4.78 is 1.95. The Morgan fingerprint density at radius 3 is 2.14 bits per heavy atom. The second-order valence-electron chi connectivity index (χ2n) is 1.54. The minimum atomic E-state index is 0.899. The molecule has 0 aromatic rings. The molecule has 2 N–H and O–H groups in total. The van der Waals surface area contributed by atoms with Crippen LogP contribution in [-0.4, -0.2) is 16.9 Å². The summed E-state index contributed by atoms with van der Waals surface area (Å²) in [5, 5.41) is 0. The molecular weight excluding hydrogens is 126 g/mol. The van der Waals surface area contributed by atoms with Crippen molar-refractivity contribution in [2.24, 2.45) is 5.84 Å². The summed E-state index contributed by atoms with van der Waals surface area (Å²) in [6.07, 6.45) is 4.04. The van der Waals surface area contributed by atoms with Crippen LogP contribution in [0.15, 0.2) is 0 Å². The molecule has 0 aromatic carbocycles. The number of hydrogen-bond donors (Lipinski definition) is 1. The van der Waals surface area contributed by atoms with Crippen molar-refractivity contribution >= 4 is 17.5 Å². The predicted molar refractivity (Wildman–Crippen MR) is 37.0 cm³/mol. The lowest BCUT2D eigenvalue weighted by atomic mass is 10.6. The molecule has 1 saturated heterocycles. The first kappa shape index (κ1) is 5.91. The maximum absolute atomic E-state index is 5.49. The molecule has 1 aliphatic rings. The highest BCUT2D eigenvalue weighted by atomic mass is 31.1. The molecule has 2 nitrogen and oxygen atoms in total. The fourth-order valence-corrected chi connectivity index (χ4v) is 3.17. The van der Waals surface area contributed by atoms with Gasteiger partial charge in [0.1, 0.15) is 0 Å². The van der Waals surface area contributed by atoms with Gasteiger partial charge in [-0.3, -0.25) is 5.84 Å². The fourth-order valence-electron chi connectivity index (χ4n) is 0.543. The van der Waals surface area contributed by atoms with E-state index in [-0.39, 0.29) is 0 Å². The first-order valence-corrected chi connectivity index (χ1v) is 4.72. The molecule has 0 aliphatic carbocycles. The molecule has 2 unspecified atom stereocenters. The number of nitrogens with zero attached hydrogens (tertiary/aromatic N) is 1. The normalized spacial score (nSPS) is 32.1. The second kappa shape index (κ2) is 2.94. The van der Waals surface area contributed by atoms with E-state index >= 15 is 0 Å². The van der Waals surface area contributed by atoms with Gasteiger partial charge in [0.2, 0.25) is 0 Å². The summed E-state index contributed by atoms with van der Waals surface area (Å²) in [5.41, 5.74) is 0. The predicted octanol–water partition coefficient (Wildman–Crippen LogP) is 0.753. The van der Waals surface area contributed by atoms with Crippen LogP contribution >= 0.6 is 17.5 Å². The van der Waals surface area contributed by atoms with Crippen molar-refractivity contribution in [3.63, 3.8) is 0 Å². The van der Waals surface area contributed by atoms with E-state index < -0.39 is 0 Å². The molecule has 0 saturated carbocycles. The van der Waals surface area contributed by atoms with Crippen LogP contribution in [0.1, 0.15) is 6.42 Å². The van der Waals surface area contributed by atoms with Crippen molar-refractivity contribution in [1.82, 2.24) is 4.55 Å². The van der Waals surface area contributed by atoms with Crippen molar-refractivity contribution in [3.8, 4) is 0 Å². The molecule has 1 aliphatic heterocycles. The van der Waals surface area contributed by atoms with Crippen LogP contribution in [0.3, 0.4) is 0 Å². The minimum absolute atomic E-state index is 0.899. The Bertz CT molecular complexity index is 52.9. The van der Waals surface area contributed by atoms with Gasteiger partial charge in [-0.25, -0.2) is 4.55 Å². The lowest BCUT2D eigenvalue weighted by Crippen LogP contribution is -2.15. The second-order valence-corrected chi connectivity index (χ2v) is 4.58.